The molecular weight excluding hydrogens is 266 g/mol. The van der Waals surface area contributed by atoms with Crippen LogP contribution >= 0.6 is 22.9 Å². The molecule has 2 N–H and O–H groups in total. The SMILES string of the molecule is CC1(C)CCC(OC(CN)c2ccc(Cl)s2)CC1. The van der Waals surface area contributed by atoms with E-state index in [0.717, 1.165) is 22.1 Å². The zero-order valence-corrected chi connectivity index (χ0v) is 12.7. The number of halogens is 1. The fourth-order valence-electron chi connectivity index (χ4n) is 2.48. The third kappa shape index (κ3) is 3.70. The van der Waals surface area contributed by atoms with E-state index < -0.39 is 0 Å². The van der Waals surface area contributed by atoms with Crippen LogP contribution < -0.4 is 5.73 Å². The fourth-order valence-corrected chi connectivity index (χ4v) is 3.59. The maximum absolute atomic E-state index is 6.16. The van der Waals surface area contributed by atoms with E-state index in [1.54, 1.807) is 11.3 Å². The van der Waals surface area contributed by atoms with Crippen LogP contribution in [0.3, 0.4) is 0 Å². The maximum Gasteiger partial charge on any atom is 0.104 e. The van der Waals surface area contributed by atoms with Crippen LogP contribution in [0.1, 0.15) is 50.5 Å². The lowest BCUT2D eigenvalue weighted by Gasteiger charge is -2.35. The highest BCUT2D eigenvalue weighted by Gasteiger charge is 2.29. The number of thiophene rings is 1. The highest BCUT2D eigenvalue weighted by molar-refractivity contribution is 7.16. The van der Waals surface area contributed by atoms with Crippen molar-refractivity contribution in [2.75, 3.05) is 6.54 Å². The lowest BCUT2D eigenvalue weighted by Crippen LogP contribution is -2.29. The van der Waals surface area contributed by atoms with Crippen LogP contribution in [0.2, 0.25) is 4.34 Å². The summed E-state index contributed by atoms with van der Waals surface area (Å²) in [6.07, 6.45) is 5.12. The predicted molar refractivity (Wildman–Crippen MR) is 78.2 cm³/mol. The average molecular weight is 288 g/mol. The summed E-state index contributed by atoms with van der Waals surface area (Å²) in [5.74, 6) is 0. The van der Waals surface area contributed by atoms with Crippen molar-refractivity contribution in [3.05, 3.63) is 21.3 Å². The first-order chi connectivity index (χ1) is 8.50. The summed E-state index contributed by atoms with van der Waals surface area (Å²) in [6.45, 7) is 5.20. The molecule has 1 aromatic rings. The molecule has 2 rings (SSSR count). The van der Waals surface area contributed by atoms with E-state index in [1.807, 2.05) is 12.1 Å². The minimum Gasteiger partial charge on any atom is -0.368 e. The van der Waals surface area contributed by atoms with Gasteiger partial charge >= 0.3 is 0 Å². The van der Waals surface area contributed by atoms with Crippen LogP contribution in [0.5, 0.6) is 0 Å². The van der Waals surface area contributed by atoms with Crippen molar-refractivity contribution in [3.8, 4) is 0 Å². The van der Waals surface area contributed by atoms with E-state index in [1.165, 1.54) is 12.8 Å². The predicted octanol–water partition coefficient (Wildman–Crippen LogP) is 4.39. The third-order valence-corrected chi connectivity index (χ3v) is 5.09. The van der Waals surface area contributed by atoms with Crippen LogP contribution in [0.25, 0.3) is 0 Å². The fraction of sp³-hybridized carbons (Fsp3) is 0.714. The van der Waals surface area contributed by atoms with Crippen molar-refractivity contribution in [1.82, 2.24) is 0 Å². The molecule has 1 aromatic heterocycles. The zero-order chi connectivity index (χ0) is 13.2. The Bertz CT molecular complexity index is 381. The summed E-state index contributed by atoms with van der Waals surface area (Å²) >= 11 is 7.53. The molecule has 1 fully saturated rings. The minimum atomic E-state index is 0.00807. The Morgan fingerprint density at radius 3 is 2.61 bits per heavy atom. The first-order valence-corrected chi connectivity index (χ1v) is 7.80. The van der Waals surface area contributed by atoms with E-state index in [9.17, 15) is 0 Å². The maximum atomic E-state index is 6.16. The van der Waals surface area contributed by atoms with E-state index >= 15 is 0 Å². The van der Waals surface area contributed by atoms with Crippen LogP contribution in [-0.4, -0.2) is 12.6 Å². The quantitative estimate of drug-likeness (QED) is 0.891. The molecule has 1 aliphatic carbocycles. The van der Waals surface area contributed by atoms with E-state index in [0.29, 0.717) is 18.1 Å². The first kappa shape index (κ1) is 14.3. The normalized spacial score (nSPS) is 22.0. The Morgan fingerprint density at radius 2 is 2.11 bits per heavy atom. The van der Waals surface area contributed by atoms with Crippen LogP contribution in [0, 0.1) is 5.41 Å². The number of hydrogen-bond acceptors (Lipinski definition) is 3. The molecular formula is C14H22ClNOS. The van der Waals surface area contributed by atoms with Gasteiger partial charge in [0.1, 0.15) is 6.10 Å². The molecule has 2 nitrogen and oxygen atoms in total. The monoisotopic (exact) mass is 287 g/mol. The van der Waals surface area contributed by atoms with Gasteiger partial charge in [0.25, 0.3) is 0 Å². The molecule has 0 aliphatic heterocycles. The molecule has 102 valence electrons. The summed E-state index contributed by atoms with van der Waals surface area (Å²) < 4.78 is 6.96. The number of ether oxygens (including phenoxy) is 1. The second-order valence-corrected chi connectivity index (χ2v) is 7.61. The molecule has 0 amide bonds. The van der Waals surface area contributed by atoms with Gasteiger partial charge in [-0.25, -0.2) is 0 Å². The second-order valence-electron chi connectivity index (χ2n) is 5.87. The standard InChI is InChI=1S/C14H22ClNOS/c1-14(2)7-5-10(6-8-14)17-11(9-16)12-3-4-13(15)18-12/h3-4,10-11H,5-9,16H2,1-2H3. The van der Waals surface area contributed by atoms with E-state index in [-0.39, 0.29) is 6.10 Å². The van der Waals surface area contributed by atoms with Gasteiger partial charge in [0.05, 0.1) is 10.4 Å². The molecule has 1 heterocycles. The number of rotatable bonds is 4. The molecule has 0 aromatic carbocycles. The topological polar surface area (TPSA) is 35.2 Å². The largest absolute Gasteiger partial charge is 0.368 e. The van der Waals surface area contributed by atoms with Crippen LogP contribution in [0.15, 0.2) is 12.1 Å². The minimum absolute atomic E-state index is 0.00807. The summed E-state index contributed by atoms with van der Waals surface area (Å²) in [5.41, 5.74) is 6.30. The first-order valence-electron chi connectivity index (χ1n) is 6.61. The van der Waals surface area contributed by atoms with Gasteiger partial charge in [-0.1, -0.05) is 25.4 Å². The Labute approximate surface area is 118 Å². The Morgan fingerprint density at radius 1 is 1.44 bits per heavy atom. The van der Waals surface area contributed by atoms with Crippen molar-refractivity contribution in [1.29, 1.82) is 0 Å². The van der Waals surface area contributed by atoms with Crippen molar-refractivity contribution in [2.45, 2.75) is 51.7 Å². The second kappa shape index (κ2) is 5.91. The van der Waals surface area contributed by atoms with Gasteiger partial charge in [0.2, 0.25) is 0 Å². The summed E-state index contributed by atoms with van der Waals surface area (Å²) in [6, 6.07) is 3.94. The van der Waals surface area contributed by atoms with Crippen LogP contribution in [0.4, 0.5) is 0 Å². The summed E-state index contributed by atoms with van der Waals surface area (Å²) in [5, 5.41) is 0. The van der Waals surface area contributed by atoms with Crippen molar-refractivity contribution < 1.29 is 4.74 Å². The van der Waals surface area contributed by atoms with Gasteiger partial charge in [-0.2, -0.15) is 0 Å². The molecule has 0 bridgehead atoms. The van der Waals surface area contributed by atoms with Crippen molar-refractivity contribution in [2.24, 2.45) is 11.1 Å². The van der Waals surface area contributed by atoms with Gasteiger partial charge in [0.15, 0.2) is 0 Å². The number of nitrogens with two attached hydrogens (primary N) is 1. The lowest BCUT2D eigenvalue weighted by atomic mass is 9.76. The van der Waals surface area contributed by atoms with Gasteiger partial charge in [0, 0.05) is 11.4 Å². The highest BCUT2D eigenvalue weighted by atomic mass is 35.5. The molecule has 18 heavy (non-hydrogen) atoms. The van der Waals surface area contributed by atoms with Crippen molar-refractivity contribution in [3.63, 3.8) is 0 Å². The molecule has 1 atom stereocenters. The third-order valence-electron chi connectivity index (χ3n) is 3.77. The molecule has 4 heteroatoms. The Hall–Kier alpha value is -0.0900. The molecule has 1 saturated carbocycles. The molecule has 0 spiro atoms. The van der Waals surface area contributed by atoms with E-state index in [2.05, 4.69) is 13.8 Å². The summed E-state index contributed by atoms with van der Waals surface area (Å²) in [4.78, 5) is 1.15. The van der Waals surface area contributed by atoms with E-state index in [4.69, 9.17) is 22.1 Å². The molecule has 0 radical (unpaired) electrons. The van der Waals surface area contributed by atoms with Gasteiger partial charge < -0.3 is 10.5 Å². The molecule has 0 saturated heterocycles. The van der Waals surface area contributed by atoms with Crippen molar-refractivity contribution >= 4 is 22.9 Å². The zero-order valence-electron chi connectivity index (χ0n) is 11.1. The lowest BCUT2D eigenvalue weighted by molar-refractivity contribution is -0.0414. The number of hydrogen-bond donors (Lipinski definition) is 1. The average Bonchev–Trinajstić information content (AvgIpc) is 2.74. The summed E-state index contributed by atoms with van der Waals surface area (Å²) in [7, 11) is 0. The molecule has 1 aliphatic rings. The van der Waals surface area contributed by atoms with Gasteiger partial charge in [-0.3, -0.25) is 0 Å². The highest BCUT2D eigenvalue weighted by Crippen LogP contribution is 2.38. The van der Waals surface area contributed by atoms with Gasteiger partial charge in [-0.15, -0.1) is 11.3 Å². The van der Waals surface area contributed by atoms with Gasteiger partial charge in [-0.05, 0) is 43.2 Å². The van der Waals surface area contributed by atoms with Crippen LogP contribution in [-0.2, 0) is 4.74 Å². The Kier molecular flexibility index (Phi) is 4.70. The smallest absolute Gasteiger partial charge is 0.104 e. The molecule has 1 unspecified atom stereocenters. The Balaban J connectivity index is 1.92.